The lowest BCUT2D eigenvalue weighted by Gasteiger charge is -2.42. The number of ketones is 1. The molecule has 3 aliphatic carbocycles. The Kier molecular flexibility index (Phi) is 3.32. The zero-order chi connectivity index (χ0) is 16.4. The molecule has 0 amide bonds. The predicted molar refractivity (Wildman–Crippen MR) is 96.7 cm³/mol. The van der Waals surface area contributed by atoms with Crippen LogP contribution in [0.25, 0.3) is 0 Å². The lowest BCUT2D eigenvalue weighted by molar-refractivity contribution is -0.119. The molecule has 2 atom stereocenters. The van der Waals surface area contributed by atoms with Crippen LogP contribution in [0.5, 0.6) is 0 Å². The van der Waals surface area contributed by atoms with E-state index in [1.165, 1.54) is 33.4 Å². The maximum Gasteiger partial charge on any atom is 0.163 e. The van der Waals surface area contributed by atoms with Crippen molar-refractivity contribution in [2.45, 2.75) is 58.8 Å². The Morgan fingerprint density at radius 2 is 1.78 bits per heavy atom. The number of carbonyl (C=O) groups excluding carboxylic acids is 1. The Morgan fingerprint density at radius 3 is 2.48 bits per heavy atom. The second-order valence-corrected chi connectivity index (χ2v) is 8.49. The molecule has 1 nitrogen and oxygen atoms in total. The maximum atomic E-state index is 13.3. The van der Waals surface area contributed by atoms with Crippen LogP contribution in [0.2, 0.25) is 0 Å². The van der Waals surface area contributed by atoms with Gasteiger partial charge < -0.3 is 0 Å². The van der Waals surface area contributed by atoms with Crippen LogP contribution in [-0.2, 0) is 10.2 Å². The molecule has 23 heavy (non-hydrogen) atoms. The van der Waals surface area contributed by atoms with E-state index in [0.717, 1.165) is 31.3 Å². The van der Waals surface area contributed by atoms with Gasteiger partial charge in [-0.3, -0.25) is 4.79 Å². The van der Waals surface area contributed by atoms with Gasteiger partial charge in [-0.2, -0.15) is 11.3 Å². The van der Waals surface area contributed by atoms with Gasteiger partial charge in [0, 0.05) is 11.3 Å². The first-order valence-corrected chi connectivity index (χ1v) is 9.49. The molecule has 0 aliphatic heterocycles. The number of hydrogen-bond acceptors (Lipinski definition) is 2. The summed E-state index contributed by atoms with van der Waals surface area (Å²) in [6, 6.07) is 2.26. The minimum atomic E-state index is -0.0576. The van der Waals surface area contributed by atoms with Gasteiger partial charge in [-0.1, -0.05) is 22.3 Å². The summed E-state index contributed by atoms with van der Waals surface area (Å²) in [7, 11) is 0. The summed E-state index contributed by atoms with van der Waals surface area (Å²) in [6.07, 6.45) is 3.83. The summed E-state index contributed by atoms with van der Waals surface area (Å²) in [6.45, 7) is 8.92. The second kappa shape index (κ2) is 5.04. The smallest absolute Gasteiger partial charge is 0.163 e. The molecule has 0 fully saturated rings. The van der Waals surface area contributed by atoms with Gasteiger partial charge in [-0.25, -0.2) is 0 Å². The Bertz CT molecular complexity index is 788. The molecule has 0 saturated heterocycles. The topological polar surface area (TPSA) is 17.1 Å². The quantitative estimate of drug-likeness (QED) is 0.602. The zero-order valence-corrected chi connectivity index (χ0v) is 15.3. The van der Waals surface area contributed by atoms with E-state index in [9.17, 15) is 4.79 Å². The lowest BCUT2D eigenvalue weighted by Crippen LogP contribution is -2.39. The number of carbonyl (C=O) groups is 1. The fourth-order valence-electron chi connectivity index (χ4n) is 4.89. The van der Waals surface area contributed by atoms with Gasteiger partial charge in [0.05, 0.1) is 0 Å². The number of rotatable bonds is 1. The van der Waals surface area contributed by atoms with E-state index in [4.69, 9.17) is 0 Å². The van der Waals surface area contributed by atoms with E-state index in [1.54, 1.807) is 11.3 Å². The maximum absolute atomic E-state index is 13.3. The van der Waals surface area contributed by atoms with Crippen molar-refractivity contribution >= 4 is 17.1 Å². The van der Waals surface area contributed by atoms with Gasteiger partial charge >= 0.3 is 0 Å². The molecule has 0 bridgehead atoms. The summed E-state index contributed by atoms with van der Waals surface area (Å²) in [5.74, 6) is 0.564. The molecule has 1 heterocycles. The fourth-order valence-corrected chi connectivity index (χ4v) is 5.63. The first-order chi connectivity index (χ1) is 10.9. The van der Waals surface area contributed by atoms with Crippen molar-refractivity contribution in [2.24, 2.45) is 5.92 Å². The van der Waals surface area contributed by atoms with Crippen molar-refractivity contribution in [3.63, 3.8) is 0 Å². The van der Waals surface area contributed by atoms with E-state index < -0.39 is 0 Å². The minimum Gasteiger partial charge on any atom is -0.294 e. The number of fused-ring (bicyclic) bond motifs is 2. The molecule has 0 aromatic carbocycles. The number of allylic oxidation sites excluding steroid dienone is 6. The molecule has 120 valence electrons. The first kappa shape index (κ1) is 15.1. The first-order valence-electron chi connectivity index (χ1n) is 8.55. The predicted octanol–water partition coefficient (Wildman–Crippen LogP) is 5.74. The van der Waals surface area contributed by atoms with Gasteiger partial charge in [0.1, 0.15) is 0 Å². The van der Waals surface area contributed by atoms with Crippen molar-refractivity contribution in [3.05, 3.63) is 55.8 Å². The van der Waals surface area contributed by atoms with Crippen LogP contribution in [0.1, 0.15) is 58.9 Å². The molecule has 1 aromatic rings. The highest BCUT2D eigenvalue weighted by atomic mass is 32.1. The van der Waals surface area contributed by atoms with E-state index in [-0.39, 0.29) is 11.3 Å². The SMILES string of the molecule is CC1=C(C)CC2=C(C1)C(=O)C1CC(C)=C(C)CC21c1ccsc1. The number of Topliss-reactive ketones (excluding diaryl/α,β-unsaturated/α-hetero) is 1. The van der Waals surface area contributed by atoms with Crippen molar-refractivity contribution < 1.29 is 4.79 Å². The molecule has 0 saturated carbocycles. The van der Waals surface area contributed by atoms with Crippen molar-refractivity contribution in [3.8, 4) is 0 Å². The molecular formula is C21H24OS. The third kappa shape index (κ3) is 1.94. The fraction of sp³-hybridized carbons (Fsp3) is 0.476. The van der Waals surface area contributed by atoms with E-state index in [1.807, 2.05) is 0 Å². The van der Waals surface area contributed by atoms with E-state index >= 15 is 0 Å². The van der Waals surface area contributed by atoms with Gasteiger partial charge in [0.25, 0.3) is 0 Å². The summed E-state index contributed by atoms with van der Waals surface area (Å²) >= 11 is 1.76. The number of hydrogen-bond donors (Lipinski definition) is 0. The monoisotopic (exact) mass is 324 g/mol. The van der Waals surface area contributed by atoms with E-state index in [2.05, 4.69) is 44.5 Å². The summed E-state index contributed by atoms with van der Waals surface area (Å²) in [4.78, 5) is 13.3. The van der Waals surface area contributed by atoms with Gasteiger partial charge in [-0.05, 0) is 86.9 Å². The molecule has 3 aliphatic rings. The van der Waals surface area contributed by atoms with Crippen LogP contribution in [0.4, 0.5) is 0 Å². The Hall–Kier alpha value is -1.41. The second-order valence-electron chi connectivity index (χ2n) is 7.71. The largest absolute Gasteiger partial charge is 0.294 e. The molecule has 0 spiro atoms. The normalized spacial score (nSPS) is 31.0. The zero-order valence-electron chi connectivity index (χ0n) is 14.5. The molecule has 1 aromatic heterocycles. The highest BCUT2D eigenvalue weighted by molar-refractivity contribution is 7.08. The van der Waals surface area contributed by atoms with Crippen LogP contribution in [-0.4, -0.2) is 5.78 Å². The Morgan fingerprint density at radius 1 is 1.04 bits per heavy atom. The number of thiophene rings is 1. The van der Waals surface area contributed by atoms with E-state index in [0.29, 0.717) is 5.78 Å². The molecule has 0 N–H and O–H groups in total. The lowest BCUT2D eigenvalue weighted by atomic mass is 9.60. The Balaban J connectivity index is 1.94. The molecule has 0 radical (unpaired) electrons. The average Bonchev–Trinajstić information content (AvgIpc) is 3.11. The van der Waals surface area contributed by atoms with Crippen LogP contribution < -0.4 is 0 Å². The third-order valence-electron chi connectivity index (χ3n) is 6.54. The highest BCUT2D eigenvalue weighted by Gasteiger charge is 2.56. The highest BCUT2D eigenvalue weighted by Crippen LogP contribution is 2.59. The van der Waals surface area contributed by atoms with Gasteiger partial charge in [0.2, 0.25) is 0 Å². The van der Waals surface area contributed by atoms with Crippen molar-refractivity contribution in [1.82, 2.24) is 0 Å². The standard InChI is InChI=1S/C21H24OS/c1-12-7-17-18(8-13(12)2)21(16-5-6-23-11-16)10-15(4)14(3)9-19(21)20(17)22/h5-6,11,19H,7-10H2,1-4H3. The third-order valence-corrected chi connectivity index (χ3v) is 7.23. The molecular weight excluding hydrogens is 300 g/mol. The van der Waals surface area contributed by atoms with Crippen LogP contribution in [0.15, 0.2) is 50.3 Å². The van der Waals surface area contributed by atoms with Crippen molar-refractivity contribution in [2.75, 3.05) is 0 Å². The Labute approximate surface area is 142 Å². The summed E-state index contributed by atoms with van der Waals surface area (Å²) in [5, 5.41) is 4.45. The van der Waals surface area contributed by atoms with Crippen LogP contribution in [0.3, 0.4) is 0 Å². The summed E-state index contributed by atoms with van der Waals surface area (Å²) in [5.41, 5.74) is 9.69. The molecule has 2 unspecified atom stereocenters. The molecule has 2 heteroatoms. The van der Waals surface area contributed by atoms with Gasteiger partial charge in [0.15, 0.2) is 5.78 Å². The van der Waals surface area contributed by atoms with Crippen LogP contribution >= 0.6 is 11.3 Å². The minimum absolute atomic E-state index is 0.0576. The average molecular weight is 324 g/mol. The van der Waals surface area contributed by atoms with Gasteiger partial charge in [-0.15, -0.1) is 0 Å². The molecule has 4 rings (SSSR count). The summed E-state index contributed by atoms with van der Waals surface area (Å²) < 4.78 is 0. The van der Waals surface area contributed by atoms with Crippen molar-refractivity contribution in [1.29, 1.82) is 0 Å². The van der Waals surface area contributed by atoms with Crippen LogP contribution in [0, 0.1) is 5.92 Å².